The molecule has 0 radical (unpaired) electrons. The lowest BCUT2D eigenvalue weighted by molar-refractivity contribution is -0.398. The first kappa shape index (κ1) is 18.2. The first-order valence-electron chi connectivity index (χ1n) is 9.38. The third kappa shape index (κ3) is 2.60. The Hall–Kier alpha value is -2.80. The number of ether oxygens (including phenoxy) is 2. The highest BCUT2D eigenvalue weighted by atomic mass is 17.3. The molecule has 29 heavy (non-hydrogen) atoms. The average Bonchev–Trinajstić information content (AvgIpc) is 3.37. The third-order valence-corrected chi connectivity index (χ3v) is 5.45. The number of hydrogen-bond acceptors (Lipinski definition) is 5. The van der Waals surface area contributed by atoms with E-state index in [0.29, 0.717) is 22.3 Å². The molecule has 2 aliphatic heterocycles. The van der Waals surface area contributed by atoms with Gasteiger partial charge >= 0.3 is 5.97 Å². The van der Waals surface area contributed by atoms with Gasteiger partial charge in [-0.2, -0.15) is 9.78 Å². The van der Waals surface area contributed by atoms with Gasteiger partial charge in [-0.15, -0.1) is 0 Å². The number of rotatable bonds is 5. The predicted octanol–water partition coefficient (Wildman–Crippen LogP) is 3.99. The zero-order chi connectivity index (χ0) is 20.0. The molecule has 5 nitrogen and oxygen atoms in total. The monoisotopic (exact) mass is 388 g/mol. The number of hydrogen-bond donors (Lipinski definition) is 1. The molecule has 2 unspecified atom stereocenters. The van der Waals surface area contributed by atoms with E-state index in [0.717, 1.165) is 0 Å². The first-order chi connectivity index (χ1) is 14.1. The molecule has 146 valence electrons. The highest BCUT2D eigenvalue weighted by Gasteiger charge is 2.67. The van der Waals surface area contributed by atoms with Crippen molar-refractivity contribution in [3.8, 4) is 0 Å². The Kier molecular flexibility index (Phi) is 4.17. The number of aliphatic hydroxyl groups is 1. The topological polar surface area (TPSA) is 57.2 Å². The van der Waals surface area contributed by atoms with E-state index >= 15 is 0 Å². The van der Waals surface area contributed by atoms with E-state index in [9.17, 15) is 5.11 Å². The molecule has 5 rings (SSSR count). The average molecular weight is 388 g/mol. The minimum absolute atomic E-state index is 0.474. The lowest BCUT2D eigenvalue weighted by atomic mass is 9.75. The van der Waals surface area contributed by atoms with Gasteiger partial charge in [0.05, 0.1) is 0 Å². The summed E-state index contributed by atoms with van der Waals surface area (Å²) in [5.74, 6) is -3.00. The summed E-state index contributed by atoms with van der Waals surface area (Å²) >= 11 is 0. The van der Waals surface area contributed by atoms with E-state index in [1.165, 1.54) is 7.11 Å². The normalized spacial score (nSPS) is 25.8. The molecule has 0 saturated carbocycles. The van der Waals surface area contributed by atoms with E-state index in [1.54, 1.807) is 6.08 Å². The maximum absolute atomic E-state index is 12.3. The van der Waals surface area contributed by atoms with Gasteiger partial charge in [0.15, 0.2) is 0 Å². The summed E-state index contributed by atoms with van der Waals surface area (Å²) in [7, 11) is 1.47. The van der Waals surface area contributed by atoms with Crippen molar-refractivity contribution in [1.29, 1.82) is 0 Å². The van der Waals surface area contributed by atoms with E-state index in [-0.39, 0.29) is 0 Å². The van der Waals surface area contributed by atoms with Crippen molar-refractivity contribution >= 4 is 0 Å². The van der Waals surface area contributed by atoms with Crippen molar-refractivity contribution < 1.29 is 24.4 Å². The highest BCUT2D eigenvalue weighted by molar-refractivity contribution is 5.52. The summed E-state index contributed by atoms with van der Waals surface area (Å²) < 4.78 is 11.6. The van der Waals surface area contributed by atoms with Crippen LogP contribution in [0.15, 0.2) is 103 Å². The summed E-state index contributed by atoms with van der Waals surface area (Å²) in [4.78, 5) is 11.2. The molecule has 3 aromatic carbocycles. The van der Waals surface area contributed by atoms with Gasteiger partial charge in [-0.3, -0.25) is 4.74 Å². The molecular formula is C24H20O5. The molecule has 1 saturated heterocycles. The molecular weight excluding hydrogens is 368 g/mol. The first-order valence-corrected chi connectivity index (χ1v) is 9.38. The van der Waals surface area contributed by atoms with E-state index in [4.69, 9.17) is 19.2 Å². The van der Waals surface area contributed by atoms with Crippen LogP contribution in [0.1, 0.15) is 16.7 Å². The van der Waals surface area contributed by atoms with Gasteiger partial charge in [-0.05, 0) is 11.1 Å². The van der Waals surface area contributed by atoms with Crippen molar-refractivity contribution in [3.63, 3.8) is 0 Å². The van der Waals surface area contributed by atoms with Gasteiger partial charge in [-0.1, -0.05) is 91.0 Å². The second kappa shape index (κ2) is 6.62. The summed E-state index contributed by atoms with van der Waals surface area (Å²) in [6, 6.07) is 28.2. The van der Waals surface area contributed by atoms with Crippen LogP contribution < -0.4 is 0 Å². The zero-order valence-corrected chi connectivity index (χ0v) is 15.8. The second-order valence-corrected chi connectivity index (χ2v) is 7.06. The van der Waals surface area contributed by atoms with Crippen molar-refractivity contribution in [2.45, 2.75) is 17.4 Å². The Morgan fingerprint density at radius 3 is 1.79 bits per heavy atom. The summed E-state index contributed by atoms with van der Waals surface area (Å²) in [5.41, 5.74) is 0.981. The van der Waals surface area contributed by atoms with Gasteiger partial charge in [0.25, 0.3) is 5.79 Å². The highest BCUT2D eigenvalue weighted by Crippen LogP contribution is 2.58. The molecule has 0 amide bonds. The lowest BCUT2D eigenvalue weighted by Crippen LogP contribution is -2.41. The molecule has 5 heteroatoms. The summed E-state index contributed by atoms with van der Waals surface area (Å²) in [6.07, 6.45) is 1.66. The van der Waals surface area contributed by atoms with Crippen molar-refractivity contribution in [3.05, 3.63) is 119 Å². The second-order valence-electron chi connectivity index (χ2n) is 7.06. The van der Waals surface area contributed by atoms with Gasteiger partial charge in [0, 0.05) is 24.3 Å². The largest absolute Gasteiger partial charge is 0.376 e. The predicted molar refractivity (Wildman–Crippen MR) is 105 cm³/mol. The molecule has 0 aliphatic carbocycles. The van der Waals surface area contributed by atoms with Gasteiger partial charge in [-0.25, -0.2) is 0 Å². The minimum Gasteiger partial charge on any atom is -0.376 e. The van der Waals surface area contributed by atoms with Crippen LogP contribution in [0.3, 0.4) is 0 Å². The maximum Gasteiger partial charge on any atom is 0.336 e. The van der Waals surface area contributed by atoms with Crippen LogP contribution in [-0.4, -0.2) is 18.2 Å². The lowest BCUT2D eigenvalue weighted by Gasteiger charge is -2.38. The number of fused-ring (bicyclic) bond motifs is 2. The Balaban J connectivity index is 1.78. The molecule has 1 N–H and O–H groups in total. The van der Waals surface area contributed by atoms with Gasteiger partial charge in [0.2, 0.25) is 0 Å². The SMILES string of the molecule is COC12C=C(C(O)(c3ccccc3)c3ccccc3)C(c3ccccc3)(OO1)O2. The fraction of sp³-hybridized carbons (Fsp3) is 0.167. The minimum atomic E-state index is -1.54. The van der Waals surface area contributed by atoms with E-state index in [2.05, 4.69) is 0 Å². The molecule has 2 atom stereocenters. The smallest absolute Gasteiger partial charge is 0.336 e. The quantitative estimate of drug-likeness (QED) is 0.529. The molecule has 2 bridgehead atoms. The molecule has 3 aromatic rings. The summed E-state index contributed by atoms with van der Waals surface area (Å²) in [6.45, 7) is 0. The van der Waals surface area contributed by atoms with Gasteiger partial charge < -0.3 is 9.84 Å². The maximum atomic E-state index is 12.3. The van der Waals surface area contributed by atoms with Crippen LogP contribution in [0.25, 0.3) is 0 Å². The number of methoxy groups -OCH3 is 1. The van der Waals surface area contributed by atoms with E-state index in [1.807, 2.05) is 91.0 Å². The molecule has 0 spiro atoms. The Labute approximate surface area is 168 Å². The molecule has 2 aliphatic rings. The van der Waals surface area contributed by atoms with Crippen LogP contribution in [-0.2, 0) is 30.6 Å². The van der Waals surface area contributed by atoms with Crippen LogP contribution in [0.2, 0.25) is 0 Å². The zero-order valence-electron chi connectivity index (χ0n) is 15.8. The standard InChI is InChI=1S/C24H20O5/c1-26-22-17-21(24(27-22,29-28-22)20-15-9-4-10-16-20)23(25,18-11-5-2-6-12-18)19-13-7-3-8-14-19/h2-17,25H,1H3. The van der Waals surface area contributed by atoms with Gasteiger partial charge in [0.1, 0.15) is 5.60 Å². The Bertz CT molecular complexity index is 995. The van der Waals surface area contributed by atoms with Crippen molar-refractivity contribution in [1.82, 2.24) is 0 Å². The van der Waals surface area contributed by atoms with E-state index < -0.39 is 17.4 Å². The van der Waals surface area contributed by atoms with Crippen molar-refractivity contribution in [2.75, 3.05) is 7.11 Å². The van der Waals surface area contributed by atoms with Crippen LogP contribution in [0.4, 0.5) is 0 Å². The molecule has 0 aromatic heterocycles. The molecule has 2 heterocycles. The van der Waals surface area contributed by atoms with Crippen LogP contribution in [0.5, 0.6) is 0 Å². The van der Waals surface area contributed by atoms with Crippen LogP contribution >= 0.6 is 0 Å². The van der Waals surface area contributed by atoms with Crippen molar-refractivity contribution in [2.24, 2.45) is 0 Å². The third-order valence-electron chi connectivity index (χ3n) is 5.45. The fourth-order valence-corrected chi connectivity index (χ4v) is 4.01. The summed E-state index contributed by atoms with van der Waals surface area (Å²) in [5, 5.41) is 12.3. The number of benzene rings is 3. The van der Waals surface area contributed by atoms with Crippen LogP contribution in [0, 0.1) is 0 Å². The Morgan fingerprint density at radius 1 is 0.759 bits per heavy atom. The molecule has 1 fully saturated rings. The Morgan fingerprint density at radius 2 is 1.28 bits per heavy atom. The fourth-order valence-electron chi connectivity index (χ4n) is 4.01.